The van der Waals surface area contributed by atoms with Crippen molar-refractivity contribution in [3.63, 3.8) is 0 Å². The van der Waals surface area contributed by atoms with Gasteiger partial charge in [-0.3, -0.25) is 4.79 Å². The van der Waals surface area contributed by atoms with Gasteiger partial charge in [0.2, 0.25) is 10.0 Å². The van der Waals surface area contributed by atoms with Crippen molar-refractivity contribution in [1.29, 1.82) is 0 Å². The third kappa shape index (κ3) is 4.67. The lowest BCUT2D eigenvalue weighted by Gasteiger charge is -2.28. The number of hydrogen-bond acceptors (Lipinski definition) is 5. The van der Waals surface area contributed by atoms with Crippen molar-refractivity contribution in [2.75, 3.05) is 20.3 Å². The monoisotopic (exact) mass is 521 g/mol. The van der Waals surface area contributed by atoms with Crippen LogP contribution >= 0.6 is 11.3 Å². The highest BCUT2D eigenvalue weighted by Crippen LogP contribution is 2.25. The first-order valence-corrected chi connectivity index (χ1v) is 14.0. The molecule has 36 heavy (non-hydrogen) atoms. The SMILES string of the molecule is COCCn1c(=NC(=O)c2ccc(S(=O)(=O)N3CCc4ccccc4C3)cc2)sc2cccc(C)c21. The van der Waals surface area contributed by atoms with E-state index in [4.69, 9.17) is 4.74 Å². The zero-order chi connectivity index (χ0) is 25.3. The average Bonchev–Trinajstić information content (AvgIpc) is 3.25. The van der Waals surface area contributed by atoms with Crippen LogP contribution in [0.4, 0.5) is 0 Å². The smallest absolute Gasteiger partial charge is 0.279 e. The number of hydrogen-bond donors (Lipinski definition) is 0. The van der Waals surface area contributed by atoms with Crippen molar-refractivity contribution >= 4 is 37.5 Å². The van der Waals surface area contributed by atoms with E-state index in [0.717, 1.165) is 21.3 Å². The van der Waals surface area contributed by atoms with E-state index in [1.807, 2.05) is 54.0 Å². The lowest BCUT2D eigenvalue weighted by molar-refractivity contribution is 0.0997. The lowest BCUT2D eigenvalue weighted by atomic mass is 10.0. The van der Waals surface area contributed by atoms with Gasteiger partial charge in [0.25, 0.3) is 5.91 Å². The van der Waals surface area contributed by atoms with Gasteiger partial charge in [0.15, 0.2) is 4.80 Å². The van der Waals surface area contributed by atoms with Crippen LogP contribution in [0.2, 0.25) is 0 Å². The maximum Gasteiger partial charge on any atom is 0.279 e. The first-order chi connectivity index (χ1) is 17.4. The Bertz CT molecular complexity index is 1600. The molecule has 0 saturated heterocycles. The summed E-state index contributed by atoms with van der Waals surface area (Å²) in [5.41, 5.74) is 4.69. The summed E-state index contributed by atoms with van der Waals surface area (Å²) >= 11 is 1.45. The van der Waals surface area contributed by atoms with Gasteiger partial charge in [-0.15, -0.1) is 0 Å². The van der Waals surface area contributed by atoms with Crippen LogP contribution in [-0.4, -0.2) is 43.5 Å². The number of nitrogens with zero attached hydrogens (tertiary/aromatic N) is 3. The summed E-state index contributed by atoms with van der Waals surface area (Å²) in [5.74, 6) is -0.416. The molecule has 0 aliphatic carbocycles. The summed E-state index contributed by atoms with van der Waals surface area (Å²) in [4.78, 5) is 18.2. The van der Waals surface area contributed by atoms with E-state index in [9.17, 15) is 13.2 Å². The van der Waals surface area contributed by atoms with Gasteiger partial charge >= 0.3 is 0 Å². The predicted octanol–water partition coefficient (Wildman–Crippen LogP) is 4.15. The topological polar surface area (TPSA) is 81.0 Å². The van der Waals surface area contributed by atoms with E-state index >= 15 is 0 Å². The number of carbonyl (C=O) groups is 1. The molecule has 0 N–H and O–H groups in total. The Morgan fingerprint density at radius 1 is 1.03 bits per heavy atom. The number of sulfonamides is 1. The number of benzene rings is 3. The Balaban J connectivity index is 1.42. The molecule has 1 amide bonds. The molecule has 3 aromatic carbocycles. The van der Waals surface area contributed by atoms with Crippen LogP contribution in [0.25, 0.3) is 10.2 Å². The molecular weight excluding hydrogens is 494 g/mol. The fourth-order valence-corrected chi connectivity index (χ4v) is 7.08. The number of amides is 1. The zero-order valence-electron chi connectivity index (χ0n) is 20.2. The molecule has 1 aliphatic heterocycles. The van der Waals surface area contributed by atoms with E-state index in [-0.39, 0.29) is 4.90 Å². The predicted molar refractivity (Wildman–Crippen MR) is 141 cm³/mol. The second-order valence-corrected chi connectivity index (χ2v) is 11.7. The van der Waals surface area contributed by atoms with Crippen molar-refractivity contribution in [3.8, 4) is 0 Å². The Kier molecular flexibility index (Phi) is 6.90. The van der Waals surface area contributed by atoms with Crippen molar-refractivity contribution in [2.45, 2.75) is 31.3 Å². The second-order valence-electron chi connectivity index (χ2n) is 8.75. The second kappa shape index (κ2) is 10.1. The molecule has 0 saturated carbocycles. The van der Waals surface area contributed by atoms with Gasteiger partial charge in [-0.2, -0.15) is 9.30 Å². The van der Waals surface area contributed by atoms with E-state index in [0.29, 0.717) is 43.0 Å². The van der Waals surface area contributed by atoms with Crippen LogP contribution in [0.15, 0.2) is 76.6 Å². The highest BCUT2D eigenvalue weighted by atomic mass is 32.2. The van der Waals surface area contributed by atoms with Gasteiger partial charge in [0, 0.05) is 32.3 Å². The Hall–Kier alpha value is -3.11. The number of ether oxygens (including phenoxy) is 1. The fraction of sp³-hybridized carbons (Fsp3) is 0.259. The maximum atomic E-state index is 13.2. The molecular formula is C27H27N3O4S2. The van der Waals surface area contributed by atoms with Crippen molar-refractivity contribution in [2.24, 2.45) is 4.99 Å². The zero-order valence-corrected chi connectivity index (χ0v) is 21.8. The number of thiazole rings is 1. The third-order valence-electron chi connectivity index (χ3n) is 6.45. The molecule has 0 atom stereocenters. The molecule has 1 aromatic heterocycles. The van der Waals surface area contributed by atoms with Gasteiger partial charge in [-0.25, -0.2) is 8.42 Å². The molecule has 2 heterocycles. The molecule has 0 bridgehead atoms. The molecule has 4 aromatic rings. The van der Waals surface area contributed by atoms with Crippen LogP contribution in [0.5, 0.6) is 0 Å². The minimum absolute atomic E-state index is 0.172. The minimum Gasteiger partial charge on any atom is -0.383 e. The minimum atomic E-state index is -3.67. The number of aryl methyl sites for hydroxylation is 1. The molecule has 186 valence electrons. The van der Waals surface area contributed by atoms with Crippen molar-refractivity contribution < 1.29 is 17.9 Å². The Morgan fingerprint density at radius 2 is 1.78 bits per heavy atom. The quantitative estimate of drug-likeness (QED) is 0.382. The van der Waals surface area contributed by atoms with E-state index < -0.39 is 15.9 Å². The Morgan fingerprint density at radius 3 is 2.53 bits per heavy atom. The summed E-state index contributed by atoms with van der Waals surface area (Å²) in [6.45, 7) is 3.88. The first-order valence-electron chi connectivity index (χ1n) is 11.7. The standard InChI is InChI=1S/C27H27N3O4S2/c1-19-6-5-9-24-25(19)30(16-17-34-2)27(35-24)28-26(31)21-10-12-23(13-11-21)36(32,33)29-15-14-20-7-3-4-8-22(20)18-29/h3-13H,14-18H2,1-2H3. The van der Waals surface area contributed by atoms with E-state index in [2.05, 4.69) is 4.99 Å². The van der Waals surface area contributed by atoms with Crippen LogP contribution in [0.3, 0.4) is 0 Å². The molecule has 0 radical (unpaired) electrons. The number of methoxy groups -OCH3 is 1. The highest BCUT2D eigenvalue weighted by molar-refractivity contribution is 7.89. The van der Waals surface area contributed by atoms with Crippen LogP contribution in [0, 0.1) is 6.92 Å². The number of carbonyl (C=O) groups excluding carboxylic acids is 1. The normalized spacial score (nSPS) is 14.8. The van der Waals surface area contributed by atoms with Gasteiger partial charge in [0.1, 0.15) is 0 Å². The van der Waals surface area contributed by atoms with Gasteiger partial charge in [-0.05, 0) is 60.4 Å². The first kappa shape index (κ1) is 24.6. The van der Waals surface area contributed by atoms with Crippen LogP contribution in [-0.2, 0) is 34.3 Å². The number of aromatic nitrogens is 1. The molecule has 7 nitrogen and oxygen atoms in total. The van der Waals surface area contributed by atoms with Crippen molar-refractivity contribution in [3.05, 3.63) is 93.8 Å². The maximum absolute atomic E-state index is 13.2. The summed E-state index contributed by atoms with van der Waals surface area (Å²) in [6.07, 6.45) is 0.683. The highest BCUT2D eigenvalue weighted by Gasteiger charge is 2.28. The van der Waals surface area contributed by atoms with Gasteiger partial charge in [0.05, 0.1) is 21.7 Å². The summed E-state index contributed by atoms with van der Waals surface area (Å²) in [5, 5.41) is 0. The molecule has 5 rings (SSSR count). The Labute approximate surface area is 214 Å². The fourth-order valence-electron chi connectivity index (χ4n) is 4.53. The molecule has 0 fully saturated rings. The lowest BCUT2D eigenvalue weighted by Crippen LogP contribution is -2.35. The van der Waals surface area contributed by atoms with Crippen LogP contribution in [0.1, 0.15) is 27.0 Å². The number of fused-ring (bicyclic) bond motifs is 2. The molecule has 0 unspecified atom stereocenters. The summed E-state index contributed by atoms with van der Waals surface area (Å²) in [6, 6.07) is 20.0. The molecule has 9 heteroatoms. The van der Waals surface area contributed by atoms with Gasteiger partial charge < -0.3 is 9.30 Å². The summed E-state index contributed by atoms with van der Waals surface area (Å²) in [7, 11) is -2.03. The molecule has 1 aliphatic rings. The van der Waals surface area contributed by atoms with E-state index in [1.165, 1.54) is 45.5 Å². The van der Waals surface area contributed by atoms with Crippen LogP contribution < -0.4 is 4.80 Å². The third-order valence-corrected chi connectivity index (χ3v) is 9.36. The van der Waals surface area contributed by atoms with Crippen molar-refractivity contribution in [1.82, 2.24) is 8.87 Å². The molecule has 0 spiro atoms. The number of rotatable bonds is 6. The average molecular weight is 522 g/mol. The number of para-hydroxylation sites is 1. The van der Waals surface area contributed by atoms with Gasteiger partial charge in [-0.1, -0.05) is 47.7 Å². The summed E-state index contributed by atoms with van der Waals surface area (Å²) < 4.78 is 36.3. The van der Waals surface area contributed by atoms with E-state index in [1.54, 1.807) is 7.11 Å². The largest absolute Gasteiger partial charge is 0.383 e.